The summed E-state index contributed by atoms with van der Waals surface area (Å²) < 4.78 is 5.63. The Labute approximate surface area is 120 Å². The summed E-state index contributed by atoms with van der Waals surface area (Å²) in [6, 6.07) is 3.14. The third-order valence-corrected chi connectivity index (χ3v) is 3.19. The highest BCUT2D eigenvalue weighted by atomic mass is 16.5. The predicted octanol–water partition coefficient (Wildman–Crippen LogP) is -0.119. The standard InChI is InChI=1S/C12H14N6O3/c1-17-15-10(14-16-17)9-7-18(5-6-21-9)11-8(12(19)20)3-2-4-13-11/h2-4,9H,5-7H2,1H3,(H,19,20). The summed E-state index contributed by atoms with van der Waals surface area (Å²) >= 11 is 0. The first-order valence-corrected chi connectivity index (χ1v) is 6.44. The molecule has 0 radical (unpaired) electrons. The van der Waals surface area contributed by atoms with Crippen molar-refractivity contribution in [3.63, 3.8) is 0 Å². The molecule has 1 atom stereocenters. The van der Waals surface area contributed by atoms with Gasteiger partial charge in [-0.2, -0.15) is 4.80 Å². The molecule has 0 saturated carbocycles. The quantitative estimate of drug-likeness (QED) is 0.834. The van der Waals surface area contributed by atoms with E-state index in [-0.39, 0.29) is 11.7 Å². The Balaban J connectivity index is 1.85. The number of carboxylic acid groups (broad SMARTS) is 1. The number of carboxylic acids is 1. The van der Waals surface area contributed by atoms with E-state index in [0.717, 1.165) is 0 Å². The Morgan fingerprint density at radius 1 is 1.52 bits per heavy atom. The predicted molar refractivity (Wildman–Crippen MR) is 70.9 cm³/mol. The molecule has 1 fully saturated rings. The highest BCUT2D eigenvalue weighted by Crippen LogP contribution is 2.24. The van der Waals surface area contributed by atoms with E-state index in [1.807, 2.05) is 4.90 Å². The zero-order valence-electron chi connectivity index (χ0n) is 11.4. The van der Waals surface area contributed by atoms with E-state index < -0.39 is 5.97 Å². The molecule has 3 rings (SSSR count). The average Bonchev–Trinajstić information content (AvgIpc) is 2.94. The first kappa shape index (κ1) is 13.4. The average molecular weight is 290 g/mol. The maximum absolute atomic E-state index is 11.3. The first-order chi connectivity index (χ1) is 10.1. The van der Waals surface area contributed by atoms with Crippen LogP contribution < -0.4 is 4.90 Å². The van der Waals surface area contributed by atoms with E-state index in [1.54, 1.807) is 19.3 Å². The molecule has 21 heavy (non-hydrogen) atoms. The number of morpholine rings is 1. The molecule has 0 amide bonds. The Bertz CT molecular complexity index is 658. The van der Waals surface area contributed by atoms with Gasteiger partial charge in [-0.1, -0.05) is 0 Å². The number of aromatic carboxylic acids is 1. The van der Waals surface area contributed by atoms with Crippen LogP contribution >= 0.6 is 0 Å². The van der Waals surface area contributed by atoms with Gasteiger partial charge >= 0.3 is 5.97 Å². The number of ether oxygens (including phenoxy) is 1. The Morgan fingerprint density at radius 2 is 2.38 bits per heavy atom. The normalized spacial score (nSPS) is 18.7. The largest absolute Gasteiger partial charge is 0.478 e. The third kappa shape index (κ3) is 2.68. The van der Waals surface area contributed by atoms with Gasteiger partial charge in [0.05, 0.1) is 20.2 Å². The van der Waals surface area contributed by atoms with E-state index in [2.05, 4.69) is 20.4 Å². The second-order valence-electron chi connectivity index (χ2n) is 4.62. The van der Waals surface area contributed by atoms with Gasteiger partial charge in [-0.25, -0.2) is 9.78 Å². The van der Waals surface area contributed by atoms with Crippen LogP contribution in [0.25, 0.3) is 0 Å². The lowest BCUT2D eigenvalue weighted by Gasteiger charge is -2.32. The molecule has 0 spiro atoms. The monoisotopic (exact) mass is 290 g/mol. The van der Waals surface area contributed by atoms with Crippen molar-refractivity contribution in [2.75, 3.05) is 24.6 Å². The number of aryl methyl sites for hydroxylation is 1. The zero-order valence-corrected chi connectivity index (χ0v) is 11.4. The Hall–Kier alpha value is -2.55. The lowest BCUT2D eigenvalue weighted by molar-refractivity contribution is 0.0334. The third-order valence-electron chi connectivity index (χ3n) is 3.19. The second-order valence-corrected chi connectivity index (χ2v) is 4.62. The van der Waals surface area contributed by atoms with Gasteiger partial charge in [0.25, 0.3) is 0 Å². The maximum Gasteiger partial charge on any atom is 0.339 e. The van der Waals surface area contributed by atoms with Crippen LogP contribution in [0.15, 0.2) is 18.3 Å². The molecule has 0 aliphatic carbocycles. The number of hydrogen-bond acceptors (Lipinski definition) is 7. The lowest BCUT2D eigenvalue weighted by atomic mass is 10.2. The van der Waals surface area contributed by atoms with Crippen LogP contribution in [0.1, 0.15) is 22.3 Å². The summed E-state index contributed by atoms with van der Waals surface area (Å²) in [5, 5.41) is 21.1. The summed E-state index contributed by atoms with van der Waals surface area (Å²) in [5.74, 6) is -0.0871. The molecule has 3 heterocycles. The maximum atomic E-state index is 11.3. The van der Waals surface area contributed by atoms with Crippen LogP contribution in [0.5, 0.6) is 0 Å². The van der Waals surface area contributed by atoms with Gasteiger partial charge in [0.15, 0.2) is 0 Å². The van der Waals surface area contributed by atoms with Crippen LogP contribution in [0, 0.1) is 0 Å². The molecular formula is C12H14N6O3. The Morgan fingerprint density at radius 3 is 3.10 bits per heavy atom. The second kappa shape index (κ2) is 5.44. The number of rotatable bonds is 3. The molecule has 0 bridgehead atoms. The molecule has 1 saturated heterocycles. The van der Waals surface area contributed by atoms with E-state index in [1.165, 1.54) is 10.9 Å². The summed E-state index contributed by atoms with van der Waals surface area (Å²) in [7, 11) is 1.68. The summed E-state index contributed by atoms with van der Waals surface area (Å²) in [6.45, 7) is 1.44. The van der Waals surface area contributed by atoms with Gasteiger partial charge in [-0.05, 0) is 17.3 Å². The first-order valence-electron chi connectivity index (χ1n) is 6.44. The number of aromatic nitrogens is 5. The molecule has 9 heteroatoms. The lowest BCUT2D eigenvalue weighted by Crippen LogP contribution is -2.40. The van der Waals surface area contributed by atoms with Crippen molar-refractivity contribution in [2.24, 2.45) is 7.05 Å². The fourth-order valence-corrected chi connectivity index (χ4v) is 2.24. The van der Waals surface area contributed by atoms with Crippen molar-refractivity contribution in [1.82, 2.24) is 25.2 Å². The van der Waals surface area contributed by atoms with Gasteiger partial charge < -0.3 is 14.7 Å². The Kier molecular flexibility index (Phi) is 3.48. The molecule has 2 aromatic rings. The number of tetrazole rings is 1. The van der Waals surface area contributed by atoms with Crippen molar-refractivity contribution < 1.29 is 14.6 Å². The summed E-state index contributed by atoms with van der Waals surface area (Å²) in [6.07, 6.45) is 1.23. The van der Waals surface area contributed by atoms with Crippen molar-refractivity contribution in [3.05, 3.63) is 29.7 Å². The van der Waals surface area contributed by atoms with E-state index in [0.29, 0.717) is 31.3 Å². The van der Waals surface area contributed by atoms with Gasteiger partial charge in [-0.15, -0.1) is 10.2 Å². The number of pyridine rings is 1. The summed E-state index contributed by atoms with van der Waals surface area (Å²) in [5.41, 5.74) is 0.172. The zero-order chi connectivity index (χ0) is 14.8. The SMILES string of the molecule is Cn1nnc(C2CN(c3ncccc3C(=O)O)CCO2)n1. The molecule has 1 aliphatic rings. The van der Waals surface area contributed by atoms with E-state index in [9.17, 15) is 9.90 Å². The highest BCUT2D eigenvalue weighted by molar-refractivity contribution is 5.93. The van der Waals surface area contributed by atoms with Crippen molar-refractivity contribution in [3.8, 4) is 0 Å². The number of nitrogens with zero attached hydrogens (tertiary/aromatic N) is 6. The minimum Gasteiger partial charge on any atom is -0.478 e. The molecule has 0 aromatic carbocycles. The van der Waals surface area contributed by atoms with Crippen LogP contribution in [0.4, 0.5) is 5.82 Å². The fraction of sp³-hybridized carbons (Fsp3) is 0.417. The van der Waals surface area contributed by atoms with E-state index >= 15 is 0 Å². The molecule has 9 nitrogen and oxygen atoms in total. The van der Waals surface area contributed by atoms with Crippen molar-refractivity contribution >= 4 is 11.8 Å². The van der Waals surface area contributed by atoms with Crippen LogP contribution in [-0.4, -0.2) is 56.0 Å². The van der Waals surface area contributed by atoms with Crippen LogP contribution in [0.3, 0.4) is 0 Å². The van der Waals surface area contributed by atoms with Gasteiger partial charge in [0.2, 0.25) is 5.82 Å². The molecule has 1 aliphatic heterocycles. The van der Waals surface area contributed by atoms with Crippen LogP contribution in [0.2, 0.25) is 0 Å². The highest BCUT2D eigenvalue weighted by Gasteiger charge is 2.28. The minimum atomic E-state index is -1.00. The van der Waals surface area contributed by atoms with Gasteiger partial charge in [0.1, 0.15) is 17.5 Å². The summed E-state index contributed by atoms with van der Waals surface area (Å²) in [4.78, 5) is 18.7. The topological polar surface area (TPSA) is 106 Å². The van der Waals surface area contributed by atoms with Crippen LogP contribution in [-0.2, 0) is 11.8 Å². The minimum absolute atomic E-state index is 0.172. The van der Waals surface area contributed by atoms with E-state index in [4.69, 9.17) is 4.74 Å². The van der Waals surface area contributed by atoms with Crippen molar-refractivity contribution in [2.45, 2.75) is 6.10 Å². The molecule has 1 N–H and O–H groups in total. The smallest absolute Gasteiger partial charge is 0.339 e. The van der Waals surface area contributed by atoms with Gasteiger partial charge in [-0.3, -0.25) is 0 Å². The number of hydrogen-bond donors (Lipinski definition) is 1. The molecule has 110 valence electrons. The molecular weight excluding hydrogens is 276 g/mol. The van der Waals surface area contributed by atoms with Gasteiger partial charge in [0, 0.05) is 12.7 Å². The van der Waals surface area contributed by atoms with Crippen molar-refractivity contribution in [1.29, 1.82) is 0 Å². The number of anilines is 1. The molecule has 1 unspecified atom stereocenters. The fourth-order valence-electron chi connectivity index (χ4n) is 2.24. The molecule has 2 aromatic heterocycles. The number of carbonyl (C=O) groups is 1.